The van der Waals surface area contributed by atoms with E-state index in [9.17, 15) is 4.57 Å². The van der Waals surface area contributed by atoms with Crippen molar-refractivity contribution in [2.75, 3.05) is 13.2 Å². The van der Waals surface area contributed by atoms with Crippen LogP contribution in [0.2, 0.25) is 0 Å². The molecular weight excluding hydrogens is 427 g/mol. The molecule has 170 valence electrons. The number of phosphoric acid groups is 1. The molecule has 32 heavy (non-hydrogen) atoms. The maximum atomic E-state index is 12.9. The van der Waals surface area contributed by atoms with Crippen LogP contribution in [0.5, 0.6) is 5.75 Å². The fourth-order valence-corrected chi connectivity index (χ4v) is 6.65. The molecule has 0 atom stereocenters. The summed E-state index contributed by atoms with van der Waals surface area (Å²) in [6.07, 6.45) is 8.80. The molecule has 0 spiro atoms. The van der Waals surface area contributed by atoms with Crippen molar-refractivity contribution in [2.24, 2.45) is 23.7 Å². The second-order valence-electron chi connectivity index (χ2n) is 8.90. The molecule has 8 heteroatoms. The van der Waals surface area contributed by atoms with Crippen LogP contribution < -0.4 is 4.52 Å². The number of ether oxygens (including phenoxy) is 1. The molecule has 0 radical (unpaired) electrons. The normalized spacial score (nSPS) is 25.8. The highest BCUT2D eigenvalue weighted by atomic mass is 31.2. The predicted octanol–water partition coefficient (Wildman–Crippen LogP) is 5.89. The summed E-state index contributed by atoms with van der Waals surface area (Å²) in [5, 5.41) is 17.4. The van der Waals surface area contributed by atoms with E-state index in [0.29, 0.717) is 24.2 Å². The van der Waals surface area contributed by atoms with Gasteiger partial charge in [0.1, 0.15) is 12.4 Å². The van der Waals surface area contributed by atoms with Gasteiger partial charge >= 0.3 is 7.82 Å². The zero-order valence-electron chi connectivity index (χ0n) is 18.2. The van der Waals surface area contributed by atoms with Crippen LogP contribution in [0, 0.1) is 46.3 Å². The van der Waals surface area contributed by atoms with E-state index in [4.69, 9.17) is 28.8 Å². The van der Waals surface area contributed by atoms with Crippen molar-refractivity contribution in [2.45, 2.75) is 51.6 Å². The fourth-order valence-electron chi connectivity index (χ4n) is 5.47. The average Bonchev–Trinajstić information content (AvgIpc) is 2.76. The number of phosphoric ester groups is 1. The van der Waals surface area contributed by atoms with Crippen molar-refractivity contribution in [3.8, 4) is 17.9 Å². The van der Waals surface area contributed by atoms with Gasteiger partial charge in [-0.2, -0.15) is 10.5 Å². The molecule has 4 saturated carbocycles. The Morgan fingerprint density at radius 1 is 0.969 bits per heavy atom. The van der Waals surface area contributed by atoms with Crippen LogP contribution in [0.1, 0.15) is 50.5 Å². The number of hydrogen-bond acceptors (Lipinski definition) is 7. The highest BCUT2D eigenvalue weighted by Gasteiger charge is 2.45. The third-order valence-corrected chi connectivity index (χ3v) is 8.02. The van der Waals surface area contributed by atoms with Crippen LogP contribution in [0.15, 0.2) is 36.1 Å². The Balaban J connectivity index is 1.35. The molecule has 1 aromatic carbocycles. The number of rotatable bonds is 11. The van der Waals surface area contributed by atoms with Crippen LogP contribution in [-0.2, 0) is 25.0 Å². The Kier molecular flexibility index (Phi) is 7.53. The summed E-state index contributed by atoms with van der Waals surface area (Å²) < 4.78 is 34.8. The van der Waals surface area contributed by atoms with E-state index < -0.39 is 7.82 Å². The van der Waals surface area contributed by atoms with Gasteiger partial charge in [-0.25, -0.2) is 4.57 Å². The molecule has 0 aliphatic heterocycles. The molecule has 0 saturated heterocycles. The van der Waals surface area contributed by atoms with E-state index in [2.05, 4.69) is 0 Å². The molecule has 4 fully saturated rings. The lowest BCUT2D eigenvalue weighted by Crippen LogP contribution is -2.40. The second kappa shape index (κ2) is 10.5. The largest absolute Gasteiger partial charge is 0.530 e. The molecule has 0 aromatic heterocycles. The van der Waals surface area contributed by atoms with Crippen LogP contribution in [-0.4, -0.2) is 13.2 Å². The van der Waals surface area contributed by atoms with Crippen LogP contribution in [0.4, 0.5) is 0 Å². The Hall–Kier alpha value is -2.31. The lowest BCUT2D eigenvalue weighted by molar-refractivity contribution is 0.0632. The third kappa shape index (κ3) is 5.73. The Bertz CT molecular complexity index is 910. The summed E-state index contributed by atoms with van der Waals surface area (Å²) in [5.74, 6) is 3.56. The van der Waals surface area contributed by atoms with Crippen LogP contribution in [0.3, 0.4) is 0 Å². The van der Waals surface area contributed by atoms with Gasteiger partial charge in [0.25, 0.3) is 0 Å². The number of hydrogen-bond donors (Lipinski definition) is 0. The van der Waals surface area contributed by atoms with Gasteiger partial charge in [0, 0.05) is 0 Å². The molecule has 7 nitrogen and oxygen atoms in total. The summed E-state index contributed by atoms with van der Waals surface area (Å²) in [5.41, 5.74) is 2.37. The average molecular weight is 456 g/mol. The standard InChI is InChI=1S/C24H29N2O5P/c25-6-2-8-29-32(27,30-9-3-7-26)31-23-5-1-4-18(15-23)16-28-17-24-21-11-19-10-20(13-21)14-22(24)12-19/h1,4-5,15,17,19-22H,2-3,8-14,16H2. The highest BCUT2D eigenvalue weighted by molar-refractivity contribution is 7.48. The summed E-state index contributed by atoms with van der Waals surface area (Å²) in [6.45, 7) is 0.226. The summed E-state index contributed by atoms with van der Waals surface area (Å²) in [6, 6.07) is 10.9. The van der Waals surface area contributed by atoms with E-state index in [1.54, 1.807) is 18.2 Å². The van der Waals surface area contributed by atoms with Crippen molar-refractivity contribution in [3.05, 3.63) is 41.7 Å². The van der Waals surface area contributed by atoms with Crippen molar-refractivity contribution < 1.29 is 22.9 Å². The first-order valence-electron chi connectivity index (χ1n) is 11.3. The first-order chi connectivity index (χ1) is 15.6. The number of benzene rings is 1. The van der Waals surface area contributed by atoms with E-state index in [1.807, 2.05) is 24.5 Å². The zero-order valence-corrected chi connectivity index (χ0v) is 19.0. The molecule has 4 bridgehead atoms. The molecule has 1 aromatic rings. The Labute approximate surface area is 189 Å². The first kappa shape index (κ1) is 22.9. The number of nitrogens with zero attached hydrogens (tertiary/aromatic N) is 2. The smallest absolute Gasteiger partial charge is 0.497 e. The van der Waals surface area contributed by atoms with Gasteiger partial charge < -0.3 is 9.26 Å². The van der Waals surface area contributed by atoms with Gasteiger partial charge in [0.2, 0.25) is 0 Å². The van der Waals surface area contributed by atoms with E-state index >= 15 is 0 Å². The molecule has 4 aliphatic carbocycles. The van der Waals surface area contributed by atoms with Gasteiger partial charge in [-0.3, -0.25) is 9.05 Å². The minimum Gasteiger partial charge on any atom is -0.497 e. The molecular formula is C24H29N2O5P. The molecule has 0 N–H and O–H groups in total. The van der Waals surface area contributed by atoms with Crippen LogP contribution in [0.25, 0.3) is 0 Å². The first-order valence-corrected chi connectivity index (χ1v) is 12.8. The zero-order chi connectivity index (χ0) is 22.4. The summed E-state index contributed by atoms with van der Waals surface area (Å²) >= 11 is 0. The molecule has 0 unspecified atom stereocenters. The van der Waals surface area contributed by atoms with Gasteiger partial charge in [-0.1, -0.05) is 12.1 Å². The number of nitriles is 2. The minimum absolute atomic E-state index is 0.0565. The molecule has 5 rings (SSSR count). The van der Waals surface area contributed by atoms with E-state index in [-0.39, 0.29) is 26.1 Å². The van der Waals surface area contributed by atoms with Crippen molar-refractivity contribution >= 4 is 7.82 Å². The third-order valence-electron chi connectivity index (χ3n) is 6.59. The lowest BCUT2D eigenvalue weighted by Gasteiger charge is -2.51. The van der Waals surface area contributed by atoms with E-state index in [1.165, 1.54) is 37.7 Å². The lowest BCUT2D eigenvalue weighted by atomic mass is 9.54. The highest BCUT2D eigenvalue weighted by Crippen LogP contribution is 2.56. The minimum atomic E-state index is -3.94. The van der Waals surface area contributed by atoms with Gasteiger partial charge in [-0.05, 0) is 79.0 Å². The van der Waals surface area contributed by atoms with Gasteiger partial charge in [0.15, 0.2) is 0 Å². The van der Waals surface area contributed by atoms with Crippen LogP contribution >= 0.6 is 7.82 Å². The fraction of sp³-hybridized carbons (Fsp3) is 0.583. The van der Waals surface area contributed by atoms with Crippen molar-refractivity contribution in [3.63, 3.8) is 0 Å². The van der Waals surface area contributed by atoms with Gasteiger partial charge in [-0.15, -0.1) is 0 Å². The van der Waals surface area contributed by atoms with Crippen molar-refractivity contribution in [1.29, 1.82) is 10.5 Å². The topological polar surface area (TPSA) is 102 Å². The summed E-state index contributed by atoms with van der Waals surface area (Å²) in [4.78, 5) is 0. The maximum absolute atomic E-state index is 12.9. The summed E-state index contributed by atoms with van der Waals surface area (Å²) in [7, 11) is -3.94. The maximum Gasteiger partial charge on any atom is 0.530 e. The Morgan fingerprint density at radius 3 is 2.19 bits per heavy atom. The molecule has 0 amide bonds. The van der Waals surface area contributed by atoms with E-state index in [0.717, 1.165) is 17.4 Å². The molecule has 0 heterocycles. The van der Waals surface area contributed by atoms with Crippen molar-refractivity contribution in [1.82, 2.24) is 0 Å². The number of allylic oxidation sites excluding steroid dienone is 1. The second-order valence-corrected chi connectivity index (χ2v) is 10.5. The quantitative estimate of drug-likeness (QED) is 0.232. The Morgan fingerprint density at radius 2 is 1.59 bits per heavy atom. The predicted molar refractivity (Wildman–Crippen MR) is 117 cm³/mol. The molecule has 4 aliphatic rings. The monoisotopic (exact) mass is 456 g/mol. The van der Waals surface area contributed by atoms with Gasteiger partial charge in [0.05, 0.1) is 44.5 Å². The SMILES string of the molecule is N#CCCOP(=O)(OCCC#N)Oc1cccc(COC=C2C3CC4CC(C3)CC2C4)c1.